The maximum atomic E-state index is 5.65. The molecule has 84 valence electrons. The fraction of sp³-hybridized carbons (Fsp3) is 0.250. The van der Waals surface area contributed by atoms with E-state index in [1.807, 2.05) is 25.1 Å². The molecule has 4 heteroatoms. The van der Waals surface area contributed by atoms with E-state index in [1.165, 1.54) is 0 Å². The Bertz CT molecular complexity index is 492. The van der Waals surface area contributed by atoms with Gasteiger partial charge in [0.05, 0.1) is 7.11 Å². The predicted octanol–water partition coefficient (Wildman–Crippen LogP) is 2.12. The number of ether oxygens (including phenoxy) is 1. The third kappa shape index (κ3) is 1.92. The van der Waals surface area contributed by atoms with Crippen molar-refractivity contribution in [1.29, 1.82) is 0 Å². The van der Waals surface area contributed by atoms with Crippen molar-refractivity contribution in [2.45, 2.75) is 13.5 Å². The number of benzene rings is 1. The zero-order valence-corrected chi connectivity index (χ0v) is 9.36. The summed E-state index contributed by atoms with van der Waals surface area (Å²) in [5.74, 6) is 1.45. The SMILES string of the molecule is COc1ccc(-c2coc(C)n2)cc1CN. The average molecular weight is 218 g/mol. The minimum absolute atomic E-state index is 0.438. The van der Waals surface area contributed by atoms with Gasteiger partial charge in [-0.1, -0.05) is 0 Å². The molecule has 1 aromatic heterocycles. The summed E-state index contributed by atoms with van der Waals surface area (Å²) in [5.41, 5.74) is 8.41. The largest absolute Gasteiger partial charge is 0.496 e. The number of hydrogen-bond donors (Lipinski definition) is 1. The van der Waals surface area contributed by atoms with Gasteiger partial charge in [-0.05, 0) is 18.2 Å². The highest BCUT2D eigenvalue weighted by atomic mass is 16.5. The van der Waals surface area contributed by atoms with Gasteiger partial charge in [-0.2, -0.15) is 0 Å². The Morgan fingerprint density at radius 3 is 2.81 bits per heavy atom. The number of oxazole rings is 1. The van der Waals surface area contributed by atoms with Gasteiger partial charge in [-0.3, -0.25) is 0 Å². The number of nitrogens with two attached hydrogens (primary N) is 1. The van der Waals surface area contributed by atoms with E-state index in [2.05, 4.69) is 4.98 Å². The number of nitrogens with zero attached hydrogens (tertiary/aromatic N) is 1. The van der Waals surface area contributed by atoms with Crippen molar-refractivity contribution in [3.8, 4) is 17.0 Å². The predicted molar refractivity (Wildman–Crippen MR) is 61.1 cm³/mol. The van der Waals surface area contributed by atoms with Crippen LogP contribution in [0.15, 0.2) is 28.9 Å². The van der Waals surface area contributed by atoms with Gasteiger partial charge in [0.1, 0.15) is 17.7 Å². The van der Waals surface area contributed by atoms with Crippen LogP contribution in [-0.4, -0.2) is 12.1 Å². The first-order chi connectivity index (χ1) is 7.74. The number of aromatic nitrogens is 1. The fourth-order valence-electron chi connectivity index (χ4n) is 1.59. The van der Waals surface area contributed by atoms with Gasteiger partial charge in [0.15, 0.2) is 5.89 Å². The smallest absolute Gasteiger partial charge is 0.191 e. The minimum atomic E-state index is 0.438. The number of hydrogen-bond acceptors (Lipinski definition) is 4. The summed E-state index contributed by atoms with van der Waals surface area (Å²) in [6.45, 7) is 2.25. The molecule has 16 heavy (non-hydrogen) atoms. The lowest BCUT2D eigenvalue weighted by Crippen LogP contribution is -2.00. The third-order valence-corrected chi connectivity index (χ3v) is 2.42. The van der Waals surface area contributed by atoms with Gasteiger partial charge in [0, 0.05) is 24.6 Å². The summed E-state index contributed by atoms with van der Waals surface area (Å²) in [4.78, 5) is 4.26. The molecule has 0 aliphatic rings. The number of aryl methyl sites for hydroxylation is 1. The molecule has 1 heterocycles. The summed E-state index contributed by atoms with van der Waals surface area (Å²) >= 11 is 0. The summed E-state index contributed by atoms with van der Waals surface area (Å²) in [6, 6.07) is 5.80. The van der Waals surface area contributed by atoms with E-state index in [0.29, 0.717) is 12.4 Å². The van der Waals surface area contributed by atoms with Crippen molar-refractivity contribution in [3.63, 3.8) is 0 Å². The third-order valence-electron chi connectivity index (χ3n) is 2.42. The lowest BCUT2D eigenvalue weighted by Gasteiger charge is -2.07. The Labute approximate surface area is 94.1 Å². The Morgan fingerprint density at radius 1 is 1.44 bits per heavy atom. The van der Waals surface area contributed by atoms with Crippen LogP contribution >= 0.6 is 0 Å². The molecular formula is C12H14N2O2. The number of methoxy groups -OCH3 is 1. The second kappa shape index (κ2) is 4.37. The molecule has 0 unspecified atom stereocenters. The molecule has 0 aliphatic heterocycles. The van der Waals surface area contributed by atoms with Gasteiger partial charge in [-0.25, -0.2) is 4.98 Å². The summed E-state index contributed by atoms with van der Waals surface area (Å²) < 4.78 is 10.4. The van der Waals surface area contributed by atoms with E-state index in [-0.39, 0.29) is 0 Å². The highest BCUT2D eigenvalue weighted by molar-refractivity contribution is 5.61. The highest BCUT2D eigenvalue weighted by Crippen LogP contribution is 2.25. The molecule has 0 saturated carbocycles. The van der Waals surface area contributed by atoms with Crippen LogP contribution in [0.2, 0.25) is 0 Å². The van der Waals surface area contributed by atoms with Crippen molar-refractivity contribution >= 4 is 0 Å². The summed E-state index contributed by atoms with van der Waals surface area (Å²) in [5, 5.41) is 0. The van der Waals surface area contributed by atoms with Crippen LogP contribution in [0.3, 0.4) is 0 Å². The van der Waals surface area contributed by atoms with Crippen molar-refractivity contribution in [3.05, 3.63) is 35.9 Å². The van der Waals surface area contributed by atoms with Crippen molar-refractivity contribution in [2.24, 2.45) is 5.73 Å². The average Bonchev–Trinajstić information content (AvgIpc) is 2.75. The quantitative estimate of drug-likeness (QED) is 0.857. The molecule has 0 aliphatic carbocycles. The zero-order chi connectivity index (χ0) is 11.5. The highest BCUT2D eigenvalue weighted by Gasteiger charge is 2.07. The van der Waals surface area contributed by atoms with E-state index in [0.717, 1.165) is 22.6 Å². The summed E-state index contributed by atoms with van der Waals surface area (Å²) in [7, 11) is 1.63. The van der Waals surface area contributed by atoms with E-state index >= 15 is 0 Å². The molecule has 0 spiro atoms. The van der Waals surface area contributed by atoms with Gasteiger partial charge in [0.25, 0.3) is 0 Å². The lowest BCUT2D eigenvalue weighted by atomic mass is 10.1. The van der Waals surface area contributed by atoms with Gasteiger partial charge < -0.3 is 14.9 Å². The van der Waals surface area contributed by atoms with Crippen LogP contribution in [-0.2, 0) is 6.54 Å². The van der Waals surface area contributed by atoms with Gasteiger partial charge in [-0.15, -0.1) is 0 Å². The van der Waals surface area contributed by atoms with Gasteiger partial charge in [0.2, 0.25) is 0 Å². The molecular weight excluding hydrogens is 204 g/mol. The first kappa shape index (κ1) is 10.7. The Hall–Kier alpha value is -1.81. The Balaban J connectivity index is 2.43. The van der Waals surface area contributed by atoms with Crippen LogP contribution in [0, 0.1) is 6.92 Å². The molecule has 0 fully saturated rings. The zero-order valence-electron chi connectivity index (χ0n) is 9.36. The minimum Gasteiger partial charge on any atom is -0.496 e. The monoisotopic (exact) mass is 218 g/mol. The molecule has 0 atom stereocenters. The van der Waals surface area contributed by atoms with Crippen molar-refractivity contribution < 1.29 is 9.15 Å². The topological polar surface area (TPSA) is 61.3 Å². The Morgan fingerprint density at radius 2 is 2.25 bits per heavy atom. The second-order valence-corrected chi connectivity index (χ2v) is 3.48. The molecule has 0 saturated heterocycles. The molecule has 2 N–H and O–H groups in total. The van der Waals surface area contributed by atoms with E-state index in [9.17, 15) is 0 Å². The Kier molecular flexibility index (Phi) is 2.92. The van der Waals surface area contributed by atoms with Crippen LogP contribution in [0.25, 0.3) is 11.3 Å². The maximum Gasteiger partial charge on any atom is 0.191 e. The fourth-order valence-corrected chi connectivity index (χ4v) is 1.59. The number of rotatable bonds is 3. The first-order valence-electron chi connectivity index (χ1n) is 5.04. The van der Waals surface area contributed by atoms with Crippen LogP contribution in [0.4, 0.5) is 0 Å². The molecule has 0 radical (unpaired) electrons. The van der Waals surface area contributed by atoms with Crippen LogP contribution < -0.4 is 10.5 Å². The molecule has 2 rings (SSSR count). The van der Waals surface area contributed by atoms with Crippen LogP contribution in [0.1, 0.15) is 11.5 Å². The van der Waals surface area contributed by atoms with Crippen molar-refractivity contribution in [1.82, 2.24) is 4.98 Å². The first-order valence-corrected chi connectivity index (χ1v) is 5.04. The molecule has 2 aromatic rings. The lowest BCUT2D eigenvalue weighted by molar-refractivity contribution is 0.410. The molecule has 4 nitrogen and oxygen atoms in total. The molecule has 0 bridgehead atoms. The standard InChI is InChI=1S/C12H14N2O2/c1-8-14-11(7-16-8)9-3-4-12(15-2)10(5-9)6-13/h3-5,7H,6,13H2,1-2H3. The van der Waals surface area contributed by atoms with E-state index in [4.69, 9.17) is 14.9 Å². The maximum absolute atomic E-state index is 5.65. The molecule has 1 aromatic carbocycles. The van der Waals surface area contributed by atoms with Crippen LogP contribution in [0.5, 0.6) is 5.75 Å². The molecule has 0 amide bonds. The van der Waals surface area contributed by atoms with E-state index < -0.39 is 0 Å². The normalized spacial score (nSPS) is 10.4. The van der Waals surface area contributed by atoms with E-state index in [1.54, 1.807) is 13.4 Å². The van der Waals surface area contributed by atoms with Gasteiger partial charge >= 0.3 is 0 Å². The van der Waals surface area contributed by atoms with Crippen molar-refractivity contribution in [2.75, 3.05) is 7.11 Å². The second-order valence-electron chi connectivity index (χ2n) is 3.48. The summed E-state index contributed by atoms with van der Waals surface area (Å²) in [6.07, 6.45) is 1.64.